The lowest BCUT2D eigenvalue weighted by molar-refractivity contribution is -0.118. The van der Waals surface area contributed by atoms with Crippen LogP contribution in [0.2, 0.25) is 4.34 Å². The Morgan fingerprint density at radius 2 is 2.19 bits per heavy atom. The van der Waals surface area contributed by atoms with Gasteiger partial charge in [-0.05, 0) is 49.4 Å². The Morgan fingerprint density at radius 1 is 1.33 bits per heavy atom. The van der Waals surface area contributed by atoms with Gasteiger partial charge >= 0.3 is 0 Å². The topological polar surface area (TPSA) is 20.3 Å². The van der Waals surface area contributed by atoms with Crippen LogP contribution in [-0.4, -0.2) is 12.5 Å². The third-order valence-corrected chi connectivity index (χ3v) is 5.23. The molecule has 0 radical (unpaired) electrons. The molecule has 1 aromatic carbocycles. The van der Waals surface area contributed by atoms with Crippen molar-refractivity contribution in [3.63, 3.8) is 0 Å². The number of halogens is 1. The van der Waals surface area contributed by atoms with Crippen molar-refractivity contribution in [1.29, 1.82) is 0 Å². The lowest BCUT2D eigenvalue weighted by atomic mass is 9.98. The largest absolute Gasteiger partial charge is 0.312 e. The number of carbonyl (C=O) groups excluding carboxylic acids is 1. The van der Waals surface area contributed by atoms with E-state index in [1.165, 1.54) is 16.0 Å². The normalized spacial score (nSPS) is 14.1. The third-order valence-electron chi connectivity index (χ3n) is 3.93. The molecule has 2 aromatic rings. The molecule has 0 spiro atoms. The van der Waals surface area contributed by atoms with Crippen molar-refractivity contribution >= 4 is 34.5 Å². The van der Waals surface area contributed by atoms with E-state index < -0.39 is 0 Å². The summed E-state index contributed by atoms with van der Waals surface area (Å²) in [5.74, 6) is 0.217. The van der Waals surface area contributed by atoms with Gasteiger partial charge in [0.2, 0.25) is 5.91 Å². The Labute approximate surface area is 134 Å². The number of aryl methyl sites for hydroxylation is 3. The van der Waals surface area contributed by atoms with E-state index >= 15 is 0 Å². The van der Waals surface area contributed by atoms with Crippen molar-refractivity contribution in [3.8, 4) is 0 Å². The first-order valence-corrected chi connectivity index (χ1v) is 8.47. The van der Waals surface area contributed by atoms with Gasteiger partial charge in [-0.1, -0.05) is 29.8 Å². The average molecular weight is 320 g/mol. The zero-order valence-corrected chi connectivity index (χ0v) is 13.6. The molecule has 0 N–H and O–H groups in total. The number of para-hydroxylation sites is 1. The van der Waals surface area contributed by atoms with E-state index in [0.717, 1.165) is 35.8 Å². The van der Waals surface area contributed by atoms with Crippen LogP contribution in [0, 0.1) is 6.92 Å². The molecule has 0 aliphatic carbocycles. The number of fused-ring (bicyclic) bond motifs is 1. The molecule has 1 aliphatic heterocycles. The van der Waals surface area contributed by atoms with Gasteiger partial charge in [-0.25, -0.2) is 0 Å². The smallest absolute Gasteiger partial charge is 0.227 e. The Hall–Kier alpha value is -1.32. The molecule has 2 heterocycles. The van der Waals surface area contributed by atoms with Crippen LogP contribution >= 0.6 is 22.9 Å². The first-order valence-electron chi connectivity index (χ1n) is 7.28. The highest BCUT2D eigenvalue weighted by Gasteiger charge is 2.23. The molecule has 110 valence electrons. The number of anilines is 1. The average Bonchev–Trinajstić information content (AvgIpc) is 2.90. The fraction of sp³-hybridized carbons (Fsp3) is 0.353. The van der Waals surface area contributed by atoms with Crippen LogP contribution in [0.25, 0.3) is 0 Å². The van der Waals surface area contributed by atoms with Crippen LogP contribution in [0.4, 0.5) is 5.69 Å². The highest BCUT2D eigenvalue weighted by atomic mass is 35.5. The number of carbonyl (C=O) groups is 1. The van der Waals surface area contributed by atoms with Crippen molar-refractivity contribution in [2.75, 3.05) is 11.4 Å². The van der Waals surface area contributed by atoms with Gasteiger partial charge in [0.05, 0.1) is 4.34 Å². The van der Waals surface area contributed by atoms with Crippen molar-refractivity contribution < 1.29 is 4.79 Å². The SMILES string of the molecule is Cc1cccc2c1N(C(=O)CCc1ccc(Cl)s1)CCC2. The lowest BCUT2D eigenvalue weighted by Gasteiger charge is -2.31. The zero-order valence-electron chi connectivity index (χ0n) is 12.1. The molecule has 4 heteroatoms. The fourth-order valence-electron chi connectivity index (χ4n) is 2.95. The monoisotopic (exact) mass is 319 g/mol. The zero-order chi connectivity index (χ0) is 14.8. The van der Waals surface area contributed by atoms with Gasteiger partial charge < -0.3 is 4.90 Å². The first kappa shape index (κ1) is 14.6. The van der Waals surface area contributed by atoms with Crippen molar-refractivity contribution in [3.05, 3.63) is 50.7 Å². The minimum Gasteiger partial charge on any atom is -0.312 e. The van der Waals surface area contributed by atoms with Crippen molar-refractivity contribution in [2.24, 2.45) is 0 Å². The summed E-state index contributed by atoms with van der Waals surface area (Å²) >= 11 is 7.50. The summed E-state index contributed by atoms with van der Waals surface area (Å²) in [4.78, 5) is 15.7. The van der Waals surface area contributed by atoms with Gasteiger partial charge in [0.15, 0.2) is 0 Å². The maximum atomic E-state index is 12.6. The summed E-state index contributed by atoms with van der Waals surface area (Å²) in [5.41, 5.74) is 3.63. The summed E-state index contributed by atoms with van der Waals surface area (Å²) in [6, 6.07) is 10.2. The molecule has 0 unspecified atom stereocenters. The second-order valence-electron chi connectivity index (χ2n) is 5.44. The van der Waals surface area contributed by atoms with E-state index in [1.807, 2.05) is 17.0 Å². The quantitative estimate of drug-likeness (QED) is 0.808. The summed E-state index contributed by atoms with van der Waals surface area (Å²) < 4.78 is 0.789. The van der Waals surface area contributed by atoms with Gasteiger partial charge in [-0.15, -0.1) is 11.3 Å². The molecule has 0 fully saturated rings. The van der Waals surface area contributed by atoms with E-state index in [4.69, 9.17) is 11.6 Å². The fourth-order valence-corrected chi connectivity index (χ4v) is 4.03. The lowest BCUT2D eigenvalue weighted by Crippen LogP contribution is -2.36. The maximum Gasteiger partial charge on any atom is 0.227 e. The van der Waals surface area contributed by atoms with E-state index in [1.54, 1.807) is 11.3 Å². The third kappa shape index (κ3) is 3.14. The van der Waals surface area contributed by atoms with Crippen LogP contribution < -0.4 is 4.90 Å². The predicted molar refractivity (Wildman–Crippen MR) is 89.5 cm³/mol. The van der Waals surface area contributed by atoms with E-state index in [0.29, 0.717) is 6.42 Å². The van der Waals surface area contributed by atoms with Gasteiger partial charge in [0.1, 0.15) is 0 Å². The van der Waals surface area contributed by atoms with Crippen molar-refractivity contribution in [1.82, 2.24) is 0 Å². The van der Waals surface area contributed by atoms with E-state index in [9.17, 15) is 4.79 Å². The van der Waals surface area contributed by atoms with Gasteiger partial charge in [-0.3, -0.25) is 4.79 Å². The molecule has 1 aliphatic rings. The highest BCUT2D eigenvalue weighted by molar-refractivity contribution is 7.16. The minimum absolute atomic E-state index is 0.217. The van der Waals surface area contributed by atoms with E-state index in [-0.39, 0.29) is 5.91 Å². The summed E-state index contributed by atoms with van der Waals surface area (Å²) in [7, 11) is 0. The second-order valence-corrected chi connectivity index (χ2v) is 7.24. The highest BCUT2D eigenvalue weighted by Crippen LogP contribution is 2.31. The predicted octanol–water partition coefficient (Wildman–Crippen LogP) is 4.62. The number of hydrogen-bond acceptors (Lipinski definition) is 2. The van der Waals surface area contributed by atoms with Crippen LogP contribution in [-0.2, 0) is 17.6 Å². The molecule has 0 saturated heterocycles. The number of thiophene rings is 1. The van der Waals surface area contributed by atoms with Gasteiger partial charge in [0.25, 0.3) is 0 Å². The Bertz CT molecular complexity index is 665. The molecule has 1 amide bonds. The molecular weight excluding hydrogens is 302 g/mol. The number of amides is 1. The minimum atomic E-state index is 0.217. The van der Waals surface area contributed by atoms with Crippen LogP contribution in [0.5, 0.6) is 0 Å². The van der Waals surface area contributed by atoms with Crippen molar-refractivity contribution in [2.45, 2.75) is 32.6 Å². The maximum absolute atomic E-state index is 12.6. The Kier molecular flexibility index (Phi) is 4.32. The second kappa shape index (κ2) is 6.20. The first-order chi connectivity index (χ1) is 10.1. The van der Waals surface area contributed by atoms with Crippen LogP contribution in [0.1, 0.15) is 28.8 Å². The summed E-state index contributed by atoms with van der Waals surface area (Å²) in [6.07, 6.45) is 3.44. The van der Waals surface area contributed by atoms with Gasteiger partial charge in [-0.2, -0.15) is 0 Å². The molecule has 0 bridgehead atoms. The molecule has 2 nitrogen and oxygen atoms in total. The summed E-state index contributed by atoms with van der Waals surface area (Å²) in [5, 5.41) is 0. The molecule has 21 heavy (non-hydrogen) atoms. The van der Waals surface area contributed by atoms with E-state index in [2.05, 4.69) is 25.1 Å². The molecular formula is C17H18ClNOS. The number of rotatable bonds is 3. The van der Waals surface area contributed by atoms with Crippen LogP contribution in [0.3, 0.4) is 0 Å². The standard InChI is InChI=1S/C17H18ClNOS/c1-12-4-2-5-13-6-3-11-19(17(12)13)16(20)10-8-14-7-9-15(18)21-14/h2,4-5,7,9H,3,6,8,10-11H2,1H3. The van der Waals surface area contributed by atoms with Crippen LogP contribution in [0.15, 0.2) is 30.3 Å². The van der Waals surface area contributed by atoms with Gasteiger partial charge in [0, 0.05) is 23.5 Å². The number of benzene rings is 1. The Balaban J connectivity index is 1.74. The Morgan fingerprint density at radius 3 is 2.95 bits per heavy atom. The molecule has 3 rings (SSSR count). The number of nitrogens with zero attached hydrogens (tertiary/aromatic N) is 1. The molecule has 0 saturated carbocycles. The number of hydrogen-bond donors (Lipinski definition) is 0. The summed E-state index contributed by atoms with van der Waals surface area (Å²) in [6.45, 7) is 2.92. The molecule has 1 aromatic heterocycles. The molecule has 0 atom stereocenters.